The van der Waals surface area contributed by atoms with Crippen molar-refractivity contribution in [2.45, 2.75) is 124 Å². The molecule has 47 heavy (non-hydrogen) atoms. The summed E-state index contributed by atoms with van der Waals surface area (Å²) in [5.74, 6) is 0. The van der Waals surface area contributed by atoms with Gasteiger partial charge in [0.15, 0.2) is 25.2 Å². The Morgan fingerprint density at radius 1 is 0.638 bits per heavy atom. The van der Waals surface area contributed by atoms with Gasteiger partial charge in [0.05, 0.1) is 25.9 Å². The summed E-state index contributed by atoms with van der Waals surface area (Å²) in [7, 11) is -3.88. The van der Waals surface area contributed by atoms with Gasteiger partial charge in [-0.2, -0.15) is 8.42 Å². The zero-order chi connectivity index (χ0) is 35.0. The highest BCUT2D eigenvalue weighted by atomic mass is 32.3. The SMILES string of the molecule is CO[C@@H]1[C@@H](O)[C@H](O[C@@H]2[C@@H](O)[C@H](O[C@H]3[C@H](O)[C@@H](O)[C@H](O[C@H]4C(O)OC[C@@H](OS(=O)(=O)O)[C@@H]4O)O[C@@H]3C)O[C@H](CO)[C@H]2O)O[C@H](CO)[C@H]1O. The predicted molar refractivity (Wildman–Crippen MR) is 142 cm³/mol. The Hall–Kier alpha value is -0.850. The molecule has 4 aliphatic heterocycles. The number of methoxy groups -OCH3 is 1. The molecule has 11 N–H and O–H groups in total. The average Bonchev–Trinajstić information content (AvgIpc) is 3.01. The van der Waals surface area contributed by atoms with E-state index in [0.717, 1.165) is 0 Å². The maximum atomic E-state index is 11.1. The Morgan fingerprint density at radius 2 is 1.13 bits per heavy atom. The van der Waals surface area contributed by atoms with E-state index < -0.39 is 147 Å². The molecule has 276 valence electrons. The molecular weight excluding hydrogens is 672 g/mol. The predicted octanol–water partition coefficient (Wildman–Crippen LogP) is -7.60. The van der Waals surface area contributed by atoms with Crippen LogP contribution in [0.2, 0.25) is 0 Å². The summed E-state index contributed by atoms with van der Waals surface area (Å²) < 4.78 is 78.6. The average molecular weight is 715 g/mol. The standard InChI is InChI=1S/C24H42O22S/c1-6-17(13(30)14(31)22(40-6)45-20-12(29)9(5-39-21(20)34)46-47(35,36)37)43-24-16(33)19(11(28)8(4-26)42-24)44-23-15(32)18(38-2)10(27)7(3-25)41-23/h6-34H,3-5H2,1-2H3,(H,35,36,37)/t6-,7-,8-,9-,10-,11-,12+,13-,14-,15-,16-,17-,18+,19+,20-,21?,22+,23+,24+/m1/s1. The molecule has 0 amide bonds. The van der Waals surface area contributed by atoms with Crippen LogP contribution in [0.3, 0.4) is 0 Å². The summed E-state index contributed by atoms with van der Waals surface area (Å²) >= 11 is 0. The van der Waals surface area contributed by atoms with Crippen LogP contribution in [0.15, 0.2) is 0 Å². The first kappa shape index (κ1) is 38.9. The lowest BCUT2D eigenvalue weighted by Gasteiger charge is -2.48. The van der Waals surface area contributed by atoms with Crippen molar-refractivity contribution in [2.24, 2.45) is 0 Å². The van der Waals surface area contributed by atoms with Gasteiger partial charge in [-0.3, -0.25) is 4.55 Å². The summed E-state index contributed by atoms with van der Waals surface area (Å²) in [6.07, 6.45) is -32.0. The van der Waals surface area contributed by atoms with Crippen LogP contribution in [0.25, 0.3) is 0 Å². The second kappa shape index (κ2) is 16.0. The summed E-state index contributed by atoms with van der Waals surface area (Å²) in [4.78, 5) is 0. The van der Waals surface area contributed by atoms with Gasteiger partial charge in [-0.15, -0.1) is 0 Å². The summed E-state index contributed by atoms with van der Waals surface area (Å²) in [5, 5.41) is 104. The van der Waals surface area contributed by atoms with Crippen LogP contribution in [0, 0.1) is 0 Å². The summed E-state index contributed by atoms with van der Waals surface area (Å²) in [5.41, 5.74) is 0. The third kappa shape index (κ3) is 8.55. The lowest BCUT2D eigenvalue weighted by atomic mass is 9.96. The Kier molecular flexibility index (Phi) is 13.3. The molecule has 0 saturated carbocycles. The largest absolute Gasteiger partial charge is 0.397 e. The van der Waals surface area contributed by atoms with Gasteiger partial charge in [0.1, 0.15) is 85.5 Å². The maximum Gasteiger partial charge on any atom is 0.397 e. The minimum atomic E-state index is -5.05. The van der Waals surface area contributed by atoms with E-state index in [-0.39, 0.29) is 0 Å². The molecule has 0 aromatic carbocycles. The normalized spacial score (nSPS) is 49.9. The molecule has 23 heteroatoms. The fourth-order valence-corrected chi connectivity index (χ4v) is 6.18. The Labute approximate surface area is 267 Å². The number of ether oxygens (including phenoxy) is 8. The molecule has 4 rings (SSSR count). The molecule has 4 saturated heterocycles. The molecular formula is C24H42O22S. The number of aliphatic hydroxyl groups is 10. The lowest BCUT2D eigenvalue weighted by molar-refractivity contribution is -0.386. The monoisotopic (exact) mass is 714 g/mol. The van der Waals surface area contributed by atoms with E-state index in [1.54, 1.807) is 0 Å². The number of rotatable bonds is 11. The van der Waals surface area contributed by atoms with E-state index >= 15 is 0 Å². The number of hydrogen-bond acceptors (Lipinski definition) is 21. The highest BCUT2D eigenvalue weighted by molar-refractivity contribution is 7.80. The van der Waals surface area contributed by atoms with E-state index in [0.29, 0.717) is 0 Å². The smallest absolute Gasteiger partial charge is 0.394 e. The van der Waals surface area contributed by atoms with E-state index in [9.17, 15) is 59.5 Å². The molecule has 0 radical (unpaired) electrons. The van der Waals surface area contributed by atoms with E-state index in [1.807, 2.05) is 0 Å². The van der Waals surface area contributed by atoms with Gasteiger partial charge in [-0.25, -0.2) is 4.18 Å². The van der Waals surface area contributed by atoms with Crippen LogP contribution in [0.1, 0.15) is 6.92 Å². The van der Waals surface area contributed by atoms with Crippen molar-refractivity contribution in [3.63, 3.8) is 0 Å². The van der Waals surface area contributed by atoms with Gasteiger partial charge in [0, 0.05) is 7.11 Å². The second-order valence-electron chi connectivity index (χ2n) is 11.4. The highest BCUT2D eigenvalue weighted by Crippen LogP contribution is 2.34. The highest BCUT2D eigenvalue weighted by Gasteiger charge is 2.54. The summed E-state index contributed by atoms with van der Waals surface area (Å²) in [6.45, 7) is -0.906. The minimum absolute atomic E-state index is 0.675. The number of aliphatic hydroxyl groups excluding tert-OH is 10. The third-order valence-corrected chi connectivity index (χ3v) is 8.73. The van der Waals surface area contributed by atoms with Crippen LogP contribution >= 0.6 is 0 Å². The first-order valence-electron chi connectivity index (χ1n) is 14.4. The minimum Gasteiger partial charge on any atom is -0.394 e. The van der Waals surface area contributed by atoms with Crippen LogP contribution in [-0.4, -0.2) is 208 Å². The van der Waals surface area contributed by atoms with Gasteiger partial charge >= 0.3 is 10.4 Å². The molecule has 0 aliphatic carbocycles. The molecule has 4 fully saturated rings. The van der Waals surface area contributed by atoms with Crippen molar-refractivity contribution in [1.82, 2.24) is 0 Å². The van der Waals surface area contributed by atoms with Gasteiger partial charge in [-0.05, 0) is 6.92 Å². The van der Waals surface area contributed by atoms with Crippen LogP contribution in [0.4, 0.5) is 0 Å². The topological polar surface area (TPSA) is 340 Å². The second-order valence-corrected chi connectivity index (χ2v) is 12.4. The number of hydrogen-bond donors (Lipinski definition) is 11. The molecule has 4 heterocycles. The van der Waals surface area contributed by atoms with E-state index in [2.05, 4.69) is 4.18 Å². The Bertz CT molecular complexity index is 1100. The third-order valence-electron chi connectivity index (χ3n) is 8.24. The molecule has 0 bridgehead atoms. The molecule has 0 aromatic heterocycles. The Morgan fingerprint density at radius 3 is 1.66 bits per heavy atom. The molecule has 4 aliphatic rings. The van der Waals surface area contributed by atoms with Crippen LogP contribution < -0.4 is 0 Å². The van der Waals surface area contributed by atoms with Crippen molar-refractivity contribution in [3.8, 4) is 0 Å². The quantitative estimate of drug-likeness (QED) is 0.0885. The summed E-state index contributed by atoms with van der Waals surface area (Å²) in [6, 6.07) is 0. The van der Waals surface area contributed by atoms with Crippen molar-refractivity contribution in [1.29, 1.82) is 0 Å². The van der Waals surface area contributed by atoms with Crippen molar-refractivity contribution in [2.75, 3.05) is 26.9 Å². The van der Waals surface area contributed by atoms with Gasteiger partial charge < -0.3 is 89.0 Å². The van der Waals surface area contributed by atoms with Crippen molar-refractivity contribution < 1.29 is 106 Å². The molecule has 0 aromatic rings. The zero-order valence-electron chi connectivity index (χ0n) is 24.9. The Balaban J connectivity index is 1.45. The molecule has 0 spiro atoms. The van der Waals surface area contributed by atoms with Gasteiger partial charge in [0.25, 0.3) is 0 Å². The first-order chi connectivity index (χ1) is 22.0. The fourth-order valence-electron chi connectivity index (χ4n) is 5.70. The molecule has 19 atom stereocenters. The first-order valence-corrected chi connectivity index (χ1v) is 15.8. The lowest BCUT2D eigenvalue weighted by Crippen LogP contribution is -2.67. The van der Waals surface area contributed by atoms with E-state index in [4.69, 9.17) is 42.4 Å². The van der Waals surface area contributed by atoms with Crippen molar-refractivity contribution >= 4 is 10.4 Å². The maximum absolute atomic E-state index is 11.1. The van der Waals surface area contributed by atoms with Crippen molar-refractivity contribution in [3.05, 3.63) is 0 Å². The van der Waals surface area contributed by atoms with Crippen LogP contribution in [-0.2, 0) is 52.5 Å². The molecule has 1 unspecified atom stereocenters. The van der Waals surface area contributed by atoms with E-state index in [1.165, 1.54) is 14.0 Å². The van der Waals surface area contributed by atoms with Gasteiger partial charge in [0.2, 0.25) is 0 Å². The zero-order valence-corrected chi connectivity index (χ0v) is 25.7. The van der Waals surface area contributed by atoms with Gasteiger partial charge in [-0.1, -0.05) is 0 Å². The van der Waals surface area contributed by atoms with Crippen LogP contribution in [0.5, 0.6) is 0 Å². The fraction of sp³-hybridized carbons (Fsp3) is 1.00. The molecule has 22 nitrogen and oxygen atoms in total.